The second-order valence-corrected chi connectivity index (χ2v) is 4.15. The molecule has 1 aromatic rings. The van der Waals surface area contributed by atoms with E-state index in [1.807, 2.05) is 0 Å². The fraction of sp³-hybridized carbons (Fsp3) is 0. The van der Waals surface area contributed by atoms with Crippen LogP contribution in [0.1, 0.15) is 0 Å². The lowest BCUT2D eigenvalue weighted by Gasteiger charge is -1.99. The summed E-state index contributed by atoms with van der Waals surface area (Å²) in [5.74, 6) is -1.56. The van der Waals surface area contributed by atoms with E-state index in [2.05, 4.69) is 0 Å². The van der Waals surface area contributed by atoms with Crippen molar-refractivity contribution in [2.45, 2.75) is 4.90 Å². The number of nitrogens with zero attached hydrogens (tertiary/aromatic N) is 1. The summed E-state index contributed by atoms with van der Waals surface area (Å²) < 4.78 is 46.0. The summed E-state index contributed by atoms with van der Waals surface area (Å²) in [5.41, 5.74) is -0.832. The molecule has 0 heterocycles. The van der Waals surface area contributed by atoms with Crippen molar-refractivity contribution >= 4 is 27.5 Å². The Labute approximate surface area is 87.6 Å². The Kier molecular flexibility index (Phi) is 2.91. The first kappa shape index (κ1) is 11.8. The summed E-state index contributed by atoms with van der Waals surface area (Å²) in [6, 6.07) is 0.596. The zero-order valence-electron chi connectivity index (χ0n) is 6.78. The number of halogens is 3. The molecule has 82 valence electrons. The molecular formula is C6H2ClF2NO4S. The molecule has 0 fully saturated rings. The van der Waals surface area contributed by atoms with Gasteiger partial charge in [0.05, 0.1) is 11.0 Å². The van der Waals surface area contributed by atoms with Gasteiger partial charge in [-0.15, -0.1) is 3.89 Å². The van der Waals surface area contributed by atoms with Crippen LogP contribution < -0.4 is 0 Å². The zero-order valence-corrected chi connectivity index (χ0v) is 8.35. The van der Waals surface area contributed by atoms with Crippen LogP contribution in [0.15, 0.2) is 17.0 Å². The van der Waals surface area contributed by atoms with Gasteiger partial charge in [-0.1, -0.05) is 11.6 Å². The Balaban J connectivity index is 3.52. The minimum absolute atomic E-state index is 0.245. The van der Waals surface area contributed by atoms with Crippen LogP contribution in [0.2, 0.25) is 5.02 Å². The molecule has 9 heteroatoms. The largest absolute Gasteiger partial charge is 0.335 e. The maximum atomic E-state index is 12.9. The topological polar surface area (TPSA) is 77.3 Å². The van der Waals surface area contributed by atoms with E-state index in [0.29, 0.717) is 6.07 Å². The molecule has 0 N–H and O–H groups in total. The van der Waals surface area contributed by atoms with Crippen molar-refractivity contribution in [3.8, 4) is 0 Å². The second-order valence-electron chi connectivity index (χ2n) is 2.43. The summed E-state index contributed by atoms with van der Waals surface area (Å²) in [5, 5.41) is 9.59. The Morgan fingerprint density at radius 3 is 2.33 bits per heavy atom. The Morgan fingerprint density at radius 1 is 1.40 bits per heavy atom. The van der Waals surface area contributed by atoms with Crippen LogP contribution in [0, 0.1) is 15.9 Å². The van der Waals surface area contributed by atoms with E-state index in [1.165, 1.54) is 0 Å². The number of nitro benzene ring substituents is 1. The van der Waals surface area contributed by atoms with Crippen molar-refractivity contribution in [3.05, 3.63) is 33.1 Å². The van der Waals surface area contributed by atoms with Crippen molar-refractivity contribution in [1.29, 1.82) is 0 Å². The SMILES string of the molecule is O=[N+]([O-])c1cc(F)c(S(=O)(=O)F)cc1Cl. The van der Waals surface area contributed by atoms with Crippen LogP contribution in [0.4, 0.5) is 14.0 Å². The molecule has 0 spiro atoms. The van der Waals surface area contributed by atoms with Gasteiger partial charge in [-0.3, -0.25) is 10.1 Å². The highest BCUT2D eigenvalue weighted by Gasteiger charge is 2.24. The summed E-state index contributed by atoms with van der Waals surface area (Å²) in [4.78, 5) is 7.91. The third-order valence-corrected chi connectivity index (χ3v) is 2.60. The molecular weight excluding hydrogens is 256 g/mol. The lowest BCUT2D eigenvalue weighted by atomic mass is 10.3. The summed E-state index contributed by atoms with van der Waals surface area (Å²) in [6.07, 6.45) is 0. The van der Waals surface area contributed by atoms with Crippen LogP contribution in [0.5, 0.6) is 0 Å². The lowest BCUT2D eigenvalue weighted by molar-refractivity contribution is -0.384. The van der Waals surface area contributed by atoms with Gasteiger partial charge in [-0.05, 0) is 6.07 Å². The van der Waals surface area contributed by atoms with Gasteiger partial charge in [0.25, 0.3) is 5.69 Å². The first-order valence-electron chi connectivity index (χ1n) is 3.31. The van der Waals surface area contributed by atoms with Gasteiger partial charge in [-0.2, -0.15) is 8.42 Å². The Morgan fingerprint density at radius 2 is 1.93 bits per heavy atom. The predicted octanol–water partition coefficient (Wildman–Crippen LogP) is 2.05. The van der Waals surface area contributed by atoms with Crippen LogP contribution in [0.3, 0.4) is 0 Å². The Hall–Kier alpha value is -1.28. The fourth-order valence-corrected chi connectivity index (χ4v) is 1.69. The molecule has 0 aromatic heterocycles. The quantitative estimate of drug-likeness (QED) is 0.461. The van der Waals surface area contributed by atoms with Crippen molar-refractivity contribution < 1.29 is 21.6 Å². The molecule has 0 aliphatic rings. The van der Waals surface area contributed by atoms with E-state index in [9.17, 15) is 26.8 Å². The number of rotatable bonds is 2. The molecule has 15 heavy (non-hydrogen) atoms. The Bertz CT molecular complexity index is 530. The minimum atomic E-state index is -5.28. The molecule has 1 rings (SSSR count). The van der Waals surface area contributed by atoms with Crippen molar-refractivity contribution in [1.82, 2.24) is 0 Å². The highest BCUT2D eigenvalue weighted by atomic mass is 35.5. The first-order valence-corrected chi connectivity index (χ1v) is 5.07. The third kappa shape index (κ3) is 2.39. The van der Waals surface area contributed by atoms with Gasteiger partial charge in [0.1, 0.15) is 9.92 Å². The second kappa shape index (κ2) is 3.70. The van der Waals surface area contributed by atoms with Crippen molar-refractivity contribution in [3.63, 3.8) is 0 Å². The van der Waals surface area contributed by atoms with Gasteiger partial charge in [-0.25, -0.2) is 4.39 Å². The van der Waals surface area contributed by atoms with Crippen molar-refractivity contribution in [2.24, 2.45) is 0 Å². The van der Waals surface area contributed by atoms with Gasteiger partial charge in [0, 0.05) is 0 Å². The van der Waals surface area contributed by atoms with Gasteiger partial charge in [0.15, 0.2) is 5.82 Å². The molecule has 0 bridgehead atoms. The fourth-order valence-electron chi connectivity index (χ4n) is 0.845. The average Bonchev–Trinajstić information content (AvgIpc) is 2.06. The summed E-state index contributed by atoms with van der Waals surface area (Å²) in [6.45, 7) is 0. The van der Waals surface area contributed by atoms with Gasteiger partial charge < -0.3 is 0 Å². The molecule has 0 aliphatic carbocycles. The molecule has 0 unspecified atom stereocenters. The lowest BCUT2D eigenvalue weighted by Crippen LogP contribution is -1.99. The number of benzene rings is 1. The molecule has 0 aliphatic heterocycles. The van der Waals surface area contributed by atoms with E-state index in [1.54, 1.807) is 0 Å². The van der Waals surface area contributed by atoms with E-state index in [4.69, 9.17) is 11.6 Å². The number of hydrogen-bond donors (Lipinski definition) is 0. The molecule has 0 saturated carbocycles. The highest BCUT2D eigenvalue weighted by Crippen LogP contribution is 2.30. The zero-order chi connectivity index (χ0) is 11.8. The average molecular weight is 258 g/mol. The summed E-state index contributed by atoms with van der Waals surface area (Å²) in [7, 11) is -5.28. The van der Waals surface area contributed by atoms with Crippen LogP contribution in [-0.2, 0) is 10.2 Å². The smallest absolute Gasteiger partial charge is 0.258 e. The summed E-state index contributed by atoms with van der Waals surface area (Å²) >= 11 is 5.26. The van der Waals surface area contributed by atoms with Gasteiger partial charge in [0.2, 0.25) is 0 Å². The predicted molar refractivity (Wildman–Crippen MR) is 46.4 cm³/mol. The minimum Gasteiger partial charge on any atom is -0.258 e. The molecule has 5 nitrogen and oxygen atoms in total. The van der Waals surface area contributed by atoms with Crippen LogP contribution >= 0.6 is 11.6 Å². The van der Waals surface area contributed by atoms with E-state index in [0.717, 1.165) is 0 Å². The van der Waals surface area contributed by atoms with Crippen molar-refractivity contribution in [2.75, 3.05) is 0 Å². The molecule has 0 radical (unpaired) electrons. The maximum absolute atomic E-state index is 12.9. The van der Waals surface area contributed by atoms with E-state index in [-0.39, 0.29) is 6.07 Å². The number of hydrogen-bond acceptors (Lipinski definition) is 4. The van der Waals surface area contributed by atoms with Crippen LogP contribution in [0.25, 0.3) is 0 Å². The standard InChI is InChI=1S/C6H2ClF2NO4S/c7-3-1-6(15(9,13)14)4(8)2-5(3)10(11)12/h1-2H. The molecule has 0 atom stereocenters. The normalized spacial score (nSPS) is 11.4. The molecule has 0 saturated heterocycles. The van der Waals surface area contributed by atoms with Gasteiger partial charge >= 0.3 is 10.2 Å². The van der Waals surface area contributed by atoms with E-state index < -0.39 is 36.6 Å². The number of nitro groups is 1. The third-order valence-electron chi connectivity index (χ3n) is 1.46. The monoisotopic (exact) mass is 257 g/mol. The molecule has 1 aromatic carbocycles. The highest BCUT2D eigenvalue weighted by molar-refractivity contribution is 7.86. The molecule has 0 amide bonds. The maximum Gasteiger partial charge on any atom is 0.335 e. The first-order chi connectivity index (χ1) is 6.73. The van der Waals surface area contributed by atoms with E-state index >= 15 is 0 Å². The van der Waals surface area contributed by atoms with Crippen LogP contribution in [-0.4, -0.2) is 13.3 Å².